The van der Waals surface area contributed by atoms with Crippen molar-refractivity contribution in [3.05, 3.63) is 202 Å². The predicted octanol–water partition coefficient (Wildman–Crippen LogP) is 11.7. The molecule has 312 valence electrons. The van der Waals surface area contributed by atoms with E-state index in [1.165, 1.54) is 77.6 Å². The Labute approximate surface area is 372 Å². The fourth-order valence-electron chi connectivity index (χ4n) is 8.77. The Bertz CT molecular complexity index is 2300. The number of aryl methyl sites for hydroxylation is 6. The summed E-state index contributed by atoms with van der Waals surface area (Å²) in [5.74, 6) is 0. The second kappa shape index (κ2) is 20.8. The molecule has 6 aromatic carbocycles. The Balaban J connectivity index is 0.000000137. The number of hydrogen-bond acceptors (Lipinski definition) is 4. The molecule has 8 heteroatoms. The fraction of sp³-hybridized carbons (Fsp3) is 0.231. The quantitative estimate of drug-likeness (QED) is 0.0941. The van der Waals surface area contributed by atoms with Gasteiger partial charge >= 0.3 is 120 Å². The molecule has 9 rings (SSSR count). The third-order valence-electron chi connectivity index (χ3n) is 11.1. The first kappa shape index (κ1) is 44.1. The van der Waals surface area contributed by atoms with Gasteiger partial charge in [0.15, 0.2) is 0 Å². The number of morpholine rings is 1. The Hall–Kier alpha value is -3.92. The molecule has 0 N–H and O–H groups in total. The van der Waals surface area contributed by atoms with Crippen molar-refractivity contribution >= 4 is 59.1 Å². The molecule has 0 amide bonds. The number of anilines is 2. The SMILES string of the molecule is Cc1cc(C)c(N2[CH-]N(c3c(C)cc(C)cc3C)CC2)c(C)c1.[Cl][Ru]([Cl])=[C]1C=C(c2ccccc2)c2ccccc21.c1ccc([PH+](c2ccccc2)N2CCOCC2)cc1. The van der Waals surface area contributed by atoms with E-state index in [2.05, 4.69) is 184 Å². The first-order valence-corrected chi connectivity index (χ1v) is 27.5. The monoisotopic (exact) mass is 941 g/mol. The van der Waals surface area contributed by atoms with Crippen molar-refractivity contribution in [1.82, 2.24) is 4.67 Å². The summed E-state index contributed by atoms with van der Waals surface area (Å²) in [5.41, 5.74) is 15.7. The molecular formula is C52H56Cl2N3OPRu. The molecule has 0 radical (unpaired) electrons. The van der Waals surface area contributed by atoms with Gasteiger partial charge in [-0.05, 0) is 88.1 Å². The molecule has 3 aliphatic rings. The number of allylic oxidation sites excluding steroid dienone is 1. The summed E-state index contributed by atoms with van der Waals surface area (Å²) in [6, 6.07) is 49.6. The van der Waals surface area contributed by atoms with E-state index in [9.17, 15) is 0 Å². The van der Waals surface area contributed by atoms with Crippen molar-refractivity contribution in [2.75, 3.05) is 49.2 Å². The zero-order chi connectivity index (χ0) is 42.2. The van der Waals surface area contributed by atoms with E-state index >= 15 is 0 Å². The van der Waals surface area contributed by atoms with E-state index in [0.717, 1.165) is 43.5 Å². The molecular weight excluding hydrogens is 886 g/mol. The Morgan fingerprint density at radius 2 is 0.950 bits per heavy atom. The zero-order valence-electron chi connectivity index (χ0n) is 35.5. The van der Waals surface area contributed by atoms with Crippen molar-refractivity contribution in [1.29, 1.82) is 0 Å². The van der Waals surface area contributed by atoms with Crippen LogP contribution in [0.1, 0.15) is 50.1 Å². The molecule has 2 fully saturated rings. The molecule has 0 atom stereocenters. The average Bonchev–Trinajstić information content (AvgIpc) is 3.88. The molecule has 4 nitrogen and oxygen atoms in total. The first-order chi connectivity index (χ1) is 29.1. The Morgan fingerprint density at radius 1 is 0.533 bits per heavy atom. The van der Waals surface area contributed by atoms with Crippen LogP contribution >= 0.6 is 27.5 Å². The summed E-state index contributed by atoms with van der Waals surface area (Å²) in [6.07, 6.45) is 2.15. The zero-order valence-corrected chi connectivity index (χ0v) is 39.8. The van der Waals surface area contributed by atoms with Crippen molar-refractivity contribution in [3.63, 3.8) is 0 Å². The van der Waals surface area contributed by atoms with Gasteiger partial charge < -0.3 is 14.5 Å². The smallest absolute Gasteiger partial charge is 0.135 e. The van der Waals surface area contributed by atoms with E-state index in [1.54, 1.807) is 0 Å². The molecule has 60 heavy (non-hydrogen) atoms. The number of ether oxygens (including phenoxy) is 1. The summed E-state index contributed by atoms with van der Waals surface area (Å²) in [7, 11) is 11.5. The largest absolute Gasteiger partial charge is 0.379 e. The van der Waals surface area contributed by atoms with Gasteiger partial charge in [0.25, 0.3) is 0 Å². The van der Waals surface area contributed by atoms with Gasteiger partial charge in [-0.2, -0.15) is 11.3 Å². The van der Waals surface area contributed by atoms with Crippen LogP contribution < -0.4 is 20.4 Å². The number of hydrogen-bond donors (Lipinski definition) is 0. The summed E-state index contributed by atoms with van der Waals surface area (Å²) in [5, 5.41) is 2.92. The van der Waals surface area contributed by atoms with Crippen molar-refractivity contribution in [3.8, 4) is 0 Å². The summed E-state index contributed by atoms with van der Waals surface area (Å²) < 4.78 is 9.23. The van der Waals surface area contributed by atoms with E-state index in [4.69, 9.17) is 24.1 Å². The maximum absolute atomic E-state index is 6.19. The fourth-order valence-corrected chi connectivity index (χ4v) is 14.0. The maximum atomic E-state index is 6.19. The number of nitrogens with zero attached hydrogens (tertiary/aromatic N) is 3. The molecule has 1 aliphatic carbocycles. The van der Waals surface area contributed by atoms with Crippen LogP contribution in [0.4, 0.5) is 11.4 Å². The number of halogens is 2. The molecule has 0 saturated carbocycles. The van der Waals surface area contributed by atoms with Crippen LogP contribution in [0.25, 0.3) is 5.57 Å². The Kier molecular flexibility index (Phi) is 15.3. The van der Waals surface area contributed by atoms with Gasteiger partial charge in [-0.1, -0.05) is 71.8 Å². The molecule has 2 heterocycles. The minimum absolute atomic E-state index is 0.847. The van der Waals surface area contributed by atoms with Crippen LogP contribution in [0.2, 0.25) is 0 Å². The maximum Gasteiger partial charge on any atom is 0.135 e. The van der Waals surface area contributed by atoms with E-state index in [-0.39, 0.29) is 0 Å². The van der Waals surface area contributed by atoms with Crippen LogP contribution in [0.3, 0.4) is 0 Å². The van der Waals surface area contributed by atoms with Gasteiger partial charge in [-0.25, -0.2) is 0 Å². The van der Waals surface area contributed by atoms with Crippen LogP contribution in [0.15, 0.2) is 146 Å². The van der Waals surface area contributed by atoms with Crippen LogP contribution in [0.5, 0.6) is 0 Å². The van der Waals surface area contributed by atoms with E-state index in [1.807, 2.05) is 24.3 Å². The molecule has 0 spiro atoms. The minimum Gasteiger partial charge on any atom is -0.379 e. The van der Waals surface area contributed by atoms with Crippen LogP contribution in [-0.4, -0.2) is 48.2 Å². The molecule has 0 bridgehead atoms. The third kappa shape index (κ3) is 10.6. The molecule has 0 unspecified atom stereocenters. The van der Waals surface area contributed by atoms with Crippen LogP contribution in [-0.2, 0) is 18.3 Å². The van der Waals surface area contributed by atoms with Gasteiger partial charge in [0.05, 0.1) is 26.3 Å². The standard InChI is InChI=1S/C21H27N2.C16H18NOP.C15H10.2ClH.Ru/c1-14-9-16(3)20(17(4)10-14)22-7-8-23(13-22)21-18(5)11-15(2)12-19(21)6;1-3-7-15(8-4-1)19(16-9-5-2-6-10-16)17-11-13-18-14-12-17;1-2-6-12(7-3-1)15-11-10-13-8-4-5-9-14(13)15;;;/h9-13H,7-8H2,1-6H3;1-10H,11-14H2;1-9,11H;2*1H;/q-1;;;;;+2/p-1. The first-order valence-electron chi connectivity index (χ1n) is 20.7. The third-order valence-corrected chi connectivity index (χ3v) is 17.1. The molecule has 6 aromatic rings. The molecule has 2 saturated heterocycles. The van der Waals surface area contributed by atoms with Crippen LogP contribution in [0, 0.1) is 48.2 Å². The normalized spacial score (nSPS) is 15.2. The molecule has 0 aromatic heterocycles. The van der Waals surface area contributed by atoms with E-state index < -0.39 is 21.6 Å². The van der Waals surface area contributed by atoms with Crippen molar-refractivity contribution in [2.45, 2.75) is 41.5 Å². The van der Waals surface area contributed by atoms with Gasteiger partial charge in [-0.15, -0.1) is 0 Å². The number of fused-ring (bicyclic) bond motifs is 1. The second-order valence-corrected chi connectivity index (χ2v) is 24.0. The minimum atomic E-state index is -1.88. The number of rotatable bonds is 6. The van der Waals surface area contributed by atoms with E-state index in [0.29, 0.717) is 0 Å². The van der Waals surface area contributed by atoms with Crippen molar-refractivity contribution < 1.29 is 18.3 Å². The van der Waals surface area contributed by atoms with Gasteiger partial charge in [0.2, 0.25) is 0 Å². The van der Waals surface area contributed by atoms with Gasteiger partial charge in [-0.3, -0.25) is 0 Å². The summed E-state index contributed by atoms with van der Waals surface area (Å²) in [4.78, 5) is 4.81. The van der Waals surface area contributed by atoms with Crippen molar-refractivity contribution in [2.24, 2.45) is 0 Å². The summed E-state index contributed by atoms with van der Waals surface area (Å²) >= 11 is -1.88. The van der Waals surface area contributed by atoms with Gasteiger partial charge in [0, 0.05) is 24.5 Å². The summed E-state index contributed by atoms with van der Waals surface area (Å²) in [6.45, 7) is 21.4. The topological polar surface area (TPSA) is 19.0 Å². The number of benzene rings is 6. The second-order valence-electron chi connectivity index (χ2n) is 15.7. The Morgan fingerprint density at radius 3 is 1.40 bits per heavy atom. The van der Waals surface area contributed by atoms with Gasteiger partial charge in [0.1, 0.15) is 18.7 Å². The predicted molar refractivity (Wildman–Crippen MR) is 259 cm³/mol. The molecule has 2 aliphatic heterocycles. The average molecular weight is 942 g/mol.